The van der Waals surface area contributed by atoms with E-state index in [-0.39, 0.29) is 18.6 Å². The van der Waals surface area contributed by atoms with Crippen molar-refractivity contribution < 1.29 is 19.0 Å². The Morgan fingerprint density at radius 2 is 1.46 bits per heavy atom. The molecular formula is C29H30Cl2N2O4. The Balaban J connectivity index is 1.08. The zero-order valence-corrected chi connectivity index (χ0v) is 22.0. The minimum Gasteiger partial charge on any atom is -0.485 e. The lowest BCUT2D eigenvalue weighted by Gasteiger charge is -2.37. The van der Waals surface area contributed by atoms with Crippen LogP contribution in [0.2, 0.25) is 10.0 Å². The minimum atomic E-state index is -0.590. The molecule has 1 saturated heterocycles. The second-order valence-corrected chi connectivity index (χ2v) is 10.1. The predicted octanol–water partition coefficient (Wildman–Crippen LogP) is 5.47. The molecule has 3 aromatic rings. The normalized spacial score (nSPS) is 17.7. The average Bonchev–Trinajstić information content (AvgIpc) is 2.94. The van der Waals surface area contributed by atoms with Gasteiger partial charge in [0.1, 0.15) is 12.7 Å². The Kier molecular flexibility index (Phi) is 8.52. The highest BCUT2D eigenvalue weighted by Crippen LogP contribution is 2.31. The van der Waals surface area contributed by atoms with Crippen LogP contribution in [0.25, 0.3) is 0 Å². The van der Waals surface area contributed by atoms with Gasteiger partial charge >= 0.3 is 0 Å². The quantitative estimate of drug-likeness (QED) is 0.354. The third-order valence-corrected chi connectivity index (χ3v) is 7.22. The second kappa shape index (κ2) is 12.2. The third-order valence-electron chi connectivity index (χ3n) is 6.72. The molecule has 8 heteroatoms. The van der Waals surface area contributed by atoms with Crippen LogP contribution in [0.5, 0.6) is 11.5 Å². The van der Waals surface area contributed by atoms with Gasteiger partial charge in [-0.25, -0.2) is 0 Å². The fraction of sp³-hybridized carbons (Fsp3) is 0.345. The molecule has 0 N–H and O–H groups in total. The molecule has 2 aliphatic heterocycles. The molecule has 37 heavy (non-hydrogen) atoms. The summed E-state index contributed by atoms with van der Waals surface area (Å²) < 4.78 is 18.0. The molecule has 1 fully saturated rings. The molecular weight excluding hydrogens is 511 g/mol. The highest BCUT2D eigenvalue weighted by Gasteiger charge is 2.32. The monoisotopic (exact) mass is 540 g/mol. The van der Waals surface area contributed by atoms with Crippen molar-refractivity contribution in [2.45, 2.75) is 18.6 Å². The molecule has 0 aromatic heterocycles. The summed E-state index contributed by atoms with van der Waals surface area (Å²) in [5, 5.41) is 1.40. The van der Waals surface area contributed by atoms with E-state index in [2.05, 4.69) is 4.90 Å². The van der Waals surface area contributed by atoms with Crippen molar-refractivity contribution in [2.75, 3.05) is 45.9 Å². The van der Waals surface area contributed by atoms with Gasteiger partial charge in [-0.3, -0.25) is 9.69 Å². The molecule has 6 nitrogen and oxygen atoms in total. The van der Waals surface area contributed by atoms with Crippen LogP contribution in [0, 0.1) is 0 Å². The predicted molar refractivity (Wildman–Crippen MR) is 145 cm³/mol. The maximum absolute atomic E-state index is 13.0. The average molecular weight is 541 g/mol. The van der Waals surface area contributed by atoms with Gasteiger partial charge in [0, 0.05) is 49.4 Å². The van der Waals surface area contributed by atoms with E-state index in [0.717, 1.165) is 37.2 Å². The van der Waals surface area contributed by atoms with E-state index in [1.807, 2.05) is 77.7 Å². The van der Waals surface area contributed by atoms with Gasteiger partial charge in [0.15, 0.2) is 11.5 Å². The molecule has 0 bridgehead atoms. The van der Waals surface area contributed by atoms with Gasteiger partial charge in [-0.1, -0.05) is 59.6 Å². The summed E-state index contributed by atoms with van der Waals surface area (Å²) in [6.45, 7) is 4.78. The Bertz CT molecular complexity index is 1140. The van der Waals surface area contributed by atoms with Crippen LogP contribution in [-0.4, -0.2) is 67.7 Å². The number of para-hydroxylation sites is 2. The van der Waals surface area contributed by atoms with Crippen molar-refractivity contribution in [3.63, 3.8) is 0 Å². The van der Waals surface area contributed by atoms with Crippen LogP contribution in [-0.2, 0) is 9.53 Å². The van der Waals surface area contributed by atoms with Crippen molar-refractivity contribution in [2.24, 2.45) is 0 Å². The van der Waals surface area contributed by atoms with Crippen LogP contribution in [0.1, 0.15) is 23.7 Å². The summed E-state index contributed by atoms with van der Waals surface area (Å²) in [5.41, 5.74) is 2.10. The van der Waals surface area contributed by atoms with Gasteiger partial charge in [0.05, 0.1) is 0 Å². The van der Waals surface area contributed by atoms with Gasteiger partial charge in [-0.2, -0.15) is 0 Å². The third kappa shape index (κ3) is 6.57. The van der Waals surface area contributed by atoms with Gasteiger partial charge in [-0.05, 0) is 53.9 Å². The number of nitrogens with zero attached hydrogens (tertiary/aromatic N) is 2. The standard InChI is InChI=1S/C29H30Cl2N2O4/c30-23-10-6-21(7-11-23)28(22-8-12-24(31)13-9-22)35-19-3-14-32-15-17-33(18-16-32)29(34)27-20-36-25-4-1-2-5-26(25)37-27/h1-2,4-13,27-28H,3,14-20H2. The lowest BCUT2D eigenvalue weighted by molar-refractivity contribution is -0.143. The van der Waals surface area contributed by atoms with Crippen molar-refractivity contribution in [3.05, 3.63) is 94.0 Å². The molecule has 0 saturated carbocycles. The Hall–Kier alpha value is -2.77. The molecule has 0 aliphatic carbocycles. The number of carbonyl (C=O) groups is 1. The maximum Gasteiger partial charge on any atom is 0.267 e. The number of piperazine rings is 1. The molecule has 0 spiro atoms. The molecule has 2 aliphatic rings. The van der Waals surface area contributed by atoms with E-state index >= 15 is 0 Å². The number of hydrogen-bond donors (Lipinski definition) is 0. The smallest absolute Gasteiger partial charge is 0.267 e. The number of halogens is 2. The van der Waals surface area contributed by atoms with Crippen molar-refractivity contribution in [3.8, 4) is 11.5 Å². The van der Waals surface area contributed by atoms with Crippen LogP contribution in [0.3, 0.4) is 0 Å². The number of carbonyl (C=O) groups excluding carboxylic acids is 1. The maximum atomic E-state index is 13.0. The van der Waals surface area contributed by atoms with Crippen LogP contribution >= 0.6 is 23.2 Å². The topological polar surface area (TPSA) is 51.2 Å². The zero-order chi connectivity index (χ0) is 25.6. The number of benzene rings is 3. The van der Waals surface area contributed by atoms with E-state index in [9.17, 15) is 4.79 Å². The summed E-state index contributed by atoms with van der Waals surface area (Å²) in [6.07, 6.45) is 0.112. The molecule has 1 unspecified atom stereocenters. The Morgan fingerprint density at radius 1 is 0.865 bits per heavy atom. The molecule has 1 amide bonds. The van der Waals surface area contributed by atoms with Gasteiger partial charge in [-0.15, -0.1) is 0 Å². The first kappa shape index (κ1) is 25.9. The molecule has 2 heterocycles. The van der Waals surface area contributed by atoms with Crippen molar-refractivity contribution in [1.29, 1.82) is 0 Å². The SMILES string of the molecule is O=C(C1COc2ccccc2O1)N1CCN(CCCOC(c2ccc(Cl)cc2)c2ccc(Cl)cc2)CC1. The second-order valence-electron chi connectivity index (χ2n) is 9.24. The lowest BCUT2D eigenvalue weighted by atomic mass is 10.0. The Morgan fingerprint density at radius 3 is 2.08 bits per heavy atom. The number of hydrogen-bond acceptors (Lipinski definition) is 5. The van der Waals surface area contributed by atoms with E-state index in [0.29, 0.717) is 41.2 Å². The zero-order valence-electron chi connectivity index (χ0n) is 20.5. The number of fused-ring (bicyclic) bond motifs is 1. The molecule has 194 valence electrons. The molecule has 0 radical (unpaired) electrons. The number of amides is 1. The number of ether oxygens (including phenoxy) is 3. The summed E-state index contributed by atoms with van der Waals surface area (Å²) in [6, 6.07) is 23.0. The molecule has 1 atom stereocenters. The largest absolute Gasteiger partial charge is 0.485 e. The van der Waals surface area contributed by atoms with Crippen molar-refractivity contribution in [1.82, 2.24) is 9.80 Å². The first-order valence-corrected chi connectivity index (χ1v) is 13.3. The summed E-state index contributed by atoms with van der Waals surface area (Å²) in [4.78, 5) is 17.2. The van der Waals surface area contributed by atoms with E-state index in [1.54, 1.807) is 0 Å². The summed E-state index contributed by atoms with van der Waals surface area (Å²) in [7, 11) is 0. The van der Waals surface area contributed by atoms with Gasteiger partial charge in [0.25, 0.3) is 5.91 Å². The van der Waals surface area contributed by atoms with E-state index in [4.69, 9.17) is 37.4 Å². The van der Waals surface area contributed by atoms with Crippen LogP contribution in [0.15, 0.2) is 72.8 Å². The molecule has 5 rings (SSSR count). The summed E-state index contributed by atoms with van der Waals surface area (Å²) in [5.74, 6) is 1.31. The summed E-state index contributed by atoms with van der Waals surface area (Å²) >= 11 is 12.2. The van der Waals surface area contributed by atoms with E-state index in [1.165, 1.54) is 0 Å². The Labute approximate surface area is 227 Å². The molecule has 3 aromatic carbocycles. The first-order chi connectivity index (χ1) is 18.1. The number of rotatable bonds is 8. The highest BCUT2D eigenvalue weighted by molar-refractivity contribution is 6.30. The van der Waals surface area contributed by atoms with Crippen molar-refractivity contribution >= 4 is 29.1 Å². The first-order valence-electron chi connectivity index (χ1n) is 12.6. The van der Waals surface area contributed by atoms with Gasteiger partial charge < -0.3 is 19.1 Å². The lowest BCUT2D eigenvalue weighted by Crippen LogP contribution is -2.54. The highest BCUT2D eigenvalue weighted by atomic mass is 35.5. The fourth-order valence-corrected chi connectivity index (χ4v) is 4.94. The fourth-order valence-electron chi connectivity index (χ4n) is 4.69. The van der Waals surface area contributed by atoms with Gasteiger partial charge in [0.2, 0.25) is 6.10 Å². The van der Waals surface area contributed by atoms with Crippen LogP contribution < -0.4 is 9.47 Å². The minimum absolute atomic E-state index is 0.00810. The van der Waals surface area contributed by atoms with E-state index < -0.39 is 6.10 Å². The van der Waals surface area contributed by atoms with Crippen LogP contribution in [0.4, 0.5) is 0 Å².